The van der Waals surface area contributed by atoms with E-state index in [-0.39, 0.29) is 11.2 Å². The molecule has 1 atom stereocenters. The quantitative estimate of drug-likeness (QED) is 0.403. The van der Waals surface area contributed by atoms with Crippen LogP contribution in [0.5, 0.6) is 0 Å². The predicted octanol–water partition coefficient (Wildman–Crippen LogP) is 3.80. The maximum atomic E-state index is 11.9. The largest absolute Gasteiger partial charge is 0.289 e. The summed E-state index contributed by atoms with van der Waals surface area (Å²) >= 11 is 6.06. The van der Waals surface area contributed by atoms with Crippen molar-refractivity contribution >= 4 is 17.4 Å². The number of carbonyl (C=O) groups is 1. The second-order valence-electron chi connectivity index (χ2n) is 3.93. The van der Waals surface area contributed by atoms with Crippen molar-refractivity contribution < 1.29 is 4.79 Å². The van der Waals surface area contributed by atoms with E-state index >= 15 is 0 Å². The molecular weight excluding hydrogens is 208 g/mol. The van der Waals surface area contributed by atoms with Crippen molar-refractivity contribution in [3.63, 3.8) is 0 Å². The molecular formula is C13H17ClO. The lowest BCUT2D eigenvalue weighted by Crippen LogP contribution is -2.12. The highest BCUT2D eigenvalue weighted by molar-refractivity contribution is 6.24. The van der Waals surface area contributed by atoms with Crippen LogP contribution in [0.15, 0.2) is 35.5 Å². The molecule has 0 bridgehead atoms. The van der Waals surface area contributed by atoms with Gasteiger partial charge in [0.05, 0.1) is 5.38 Å². The van der Waals surface area contributed by atoms with E-state index in [0.29, 0.717) is 12.0 Å². The standard InChI is InChI=1S/C13H17ClO/c1-4-5-10(3)13(15)11-7-6-9(2)12(14)8-11/h6,8,12H,3-5,7H2,1-2H3. The van der Waals surface area contributed by atoms with Gasteiger partial charge in [-0.25, -0.2) is 0 Å². The molecule has 1 rings (SSSR count). The van der Waals surface area contributed by atoms with Crippen LogP contribution in [-0.2, 0) is 4.79 Å². The van der Waals surface area contributed by atoms with E-state index in [9.17, 15) is 4.79 Å². The van der Waals surface area contributed by atoms with Crippen LogP contribution in [0.1, 0.15) is 33.1 Å². The van der Waals surface area contributed by atoms with Gasteiger partial charge in [-0.05, 0) is 25.3 Å². The van der Waals surface area contributed by atoms with Crippen LogP contribution in [-0.4, -0.2) is 11.2 Å². The van der Waals surface area contributed by atoms with Crippen LogP contribution >= 0.6 is 11.6 Å². The maximum absolute atomic E-state index is 11.9. The Morgan fingerprint density at radius 3 is 2.87 bits per heavy atom. The summed E-state index contributed by atoms with van der Waals surface area (Å²) in [6, 6.07) is 0. The summed E-state index contributed by atoms with van der Waals surface area (Å²) in [6.45, 7) is 7.84. The van der Waals surface area contributed by atoms with E-state index in [1.165, 1.54) is 0 Å². The van der Waals surface area contributed by atoms with Gasteiger partial charge in [0.25, 0.3) is 0 Å². The normalized spacial score (nSPS) is 20.6. The Hall–Kier alpha value is -0.820. The van der Waals surface area contributed by atoms with Crippen molar-refractivity contribution in [3.05, 3.63) is 35.5 Å². The Morgan fingerprint density at radius 2 is 2.33 bits per heavy atom. The van der Waals surface area contributed by atoms with E-state index in [1.807, 2.05) is 26.0 Å². The molecule has 0 amide bonds. The fraction of sp³-hybridized carbons (Fsp3) is 0.462. The zero-order valence-corrected chi connectivity index (χ0v) is 10.1. The first-order chi connectivity index (χ1) is 7.06. The summed E-state index contributed by atoms with van der Waals surface area (Å²) in [5.41, 5.74) is 2.61. The zero-order chi connectivity index (χ0) is 11.4. The lowest BCUT2D eigenvalue weighted by Gasteiger charge is -2.15. The molecule has 0 N–H and O–H groups in total. The van der Waals surface area contributed by atoms with Crippen molar-refractivity contribution in [2.45, 2.75) is 38.5 Å². The smallest absolute Gasteiger partial charge is 0.184 e. The van der Waals surface area contributed by atoms with Gasteiger partial charge in [0.2, 0.25) is 0 Å². The molecule has 82 valence electrons. The summed E-state index contributed by atoms with van der Waals surface area (Å²) in [4.78, 5) is 11.9. The number of Topliss-reactive ketones (excluding diaryl/α,β-unsaturated/α-hetero) is 1. The summed E-state index contributed by atoms with van der Waals surface area (Å²) in [7, 11) is 0. The number of hydrogen-bond acceptors (Lipinski definition) is 1. The second-order valence-corrected chi connectivity index (χ2v) is 4.40. The molecule has 0 fully saturated rings. The van der Waals surface area contributed by atoms with Gasteiger partial charge in [-0.15, -0.1) is 11.6 Å². The molecule has 0 aliphatic heterocycles. The average Bonchev–Trinajstić information content (AvgIpc) is 2.21. The van der Waals surface area contributed by atoms with Crippen LogP contribution in [0, 0.1) is 0 Å². The number of hydrogen-bond donors (Lipinski definition) is 0. The van der Waals surface area contributed by atoms with Crippen LogP contribution in [0.3, 0.4) is 0 Å². The van der Waals surface area contributed by atoms with E-state index in [2.05, 4.69) is 6.58 Å². The van der Waals surface area contributed by atoms with Crippen LogP contribution in [0.4, 0.5) is 0 Å². The molecule has 1 unspecified atom stereocenters. The van der Waals surface area contributed by atoms with Gasteiger partial charge in [-0.3, -0.25) is 4.79 Å². The number of alkyl halides is 1. The Labute approximate surface area is 96.5 Å². The third-order valence-electron chi connectivity index (χ3n) is 2.59. The molecule has 0 heterocycles. The number of carbonyl (C=O) groups excluding carboxylic acids is 1. The average molecular weight is 225 g/mol. The number of rotatable bonds is 4. The van der Waals surface area contributed by atoms with Crippen molar-refractivity contribution in [2.75, 3.05) is 0 Å². The first kappa shape index (κ1) is 12.3. The van der Waals surface area contributed by atoms with E-state index in [0.717, 1.165) is 24.0 Å². The van der Waals surface area contributed by atoms with Gasteiger partial charge >= 0.3 is 0 Å². The number of ketones is 1. The molecule has 1 nitrogen and oxygen atoms in total. The summed E-state index contributed by atoms with van der Waals surface area (Å²) in [6.07, 6.45) is 6.28. The third kappa shape index (κ3) is 3.07. The van der Waals surface area contributed by atoms with Gasteiger partial charge < -0.3 is 0 Å². The van der Waals surface area contributed by atoms with Gasteiger partial charge in [0.1, 0.15) is 0 Å². The van der Waals surface area contributed by atoms with Gasteiger partial charge in [-0.1, -0.05) is 37.6 Å². The first-order valence-electron chi connectivity index (χ1n) is 5.30. The molecule has 0 aromatic rings. The fourth-order valence-electron chi connectivity index (χ4n) is 1.57. The van der Waals surface area contributed by atoms with Gasteiger partial charge in [0.15, 0.2) is 5.78 Å². The van der Waals surface area contributed by atoms with Crippen LogP contribution < -0.4 is 0 Å². The Balaban J connectivity index is 2.71. The third-order valence-corrected chi connectivity index (χ3v) is 3.06. The summed E-state index contributed by atoms with van der Waals surface area (Å²) in [5.74, 6) is 0.0752. The number of allylic oxidation sites excluding steroid dienone is 5. The second kappa shape index (κ2) is 5.32. The monoisotopic (exact) mass is 224 g/mol. The topological polar surface area (TPSA) is 17.1 Å². The fourth-order valence-corrected chi connectivity index (χ4v) is 1.81. The highest BCUT2D eigenvalue weighted by Crippen LogP contribution is 2.24. The van der Waals surface area contributed by atoms with Gasteiger partial charge in [-0.2, -0.15) is 0 Å². The lowest BCUT2D eigenvalue weighted by molar-refractivity contribution is -0.112. The summed E-state index contributed by atoms with van der Waals surface area (Å²) < 4.78 is 0. The molecule has 0 spiro atoms. The Kier molecular flexibility index (Phi) is 4.34. The maximum Gasteiger partial charge on any atom is 0.184 e. The molecule has 1 aliphatic carbocycles. The van der Waals surface area contributed by atoms with Crippen LogP contribution in [0.2, 0.25) is 0 Å². The van der Waals surface area contributed by atoms with E-state index in [4.69, 9.17) is 11.6 Å². The van der Waals surface area contributed by atoms with E-state index in [1.54, 1.807) is 0 Å². The predicted molar refractivity (Wildman–Crippen MR) is 65.2 cm³/mol. The minimum Gasteiger partial charge on any atom is -0.289 e. The summed E-state index contributed by atoms with van der Waals surface area (Å²) in [5, 5.41) is -0.132. The minimum absolute atomic E-state index is 0.0752. The minimum atomic E-state index is -0.132. The molecule has 0 radical (unpaired) electrons. The first-order valence-corrected chi connectivity index (χ1v) is 5.73. The van der Waals surface area contributed by atoms with E-state index < -0.39 is 0 Å². The van der Waals surface area contributed by atoms with Crippen molar-refractivity contribution in [1.29, 1.82) is 0 Å². The molecule has 0 aromatic heterocycles. The van der Waals surface area contributed by atoms with Crippen LogP contribution in [0.25, 0.3) is 0 Å². The molecule has 0 saturated heterocycles. The van der Waals surface area contributed by atoms with Crippen molar-refractivity contribution in [2.24, 2.45) is 0 Å². The molecule has 0 saturated carbocycles. The Morgan fingerprint density at radius 1 is 1.67 bits per heavy atom. The highest BCUT2D eigenvalue weighted by Gasteiger charge is 2.17. The SMILES string of the molecule is C=C(CCC)C(=O)C1=CC(Cl)C(C)=CC1. The molecule has 15 heavy (non-hydrogen) atoms. The van der Waals surface area contributed by atoms with Crippen molar-refractivity contribution in [1.82, 2.24) is 0 Å². The van der Waals surface area contributed by atoms with Crippen molar-refractivity contribution in [3.8, 4) is 0 Å². The Bertz CT molecular complexity index is 336. The molecule has 0 aromatic carbocycles. The zero-order valence-electron chi connectivity index (χ0n) is 9.35. The lowest BCUT2D eigenvalue weighted by atomic mass is 9.93. The molecule has 2 heteroatoms. The molecule has 1 aliphatic rings. The number of halogens is 1. The highest BCUT2D eigenvalue weighted by atomic mass is 35.5. The van der Waals surface area contributed by atoms with Gasteiger partial charge in [0, 0.05) is 5.57 Å².